The van der Waals surface area contributed by atoms with Gasteiger partial charge in [-0.05, 0) is 44.0 Å². The van der Waals surface area contributed by atoms with Gasteiger partial charge in [0.1, 0.15) is 5.60 Å². The second-order valence-electron chi connectivity index (χ2n) is 8.09. The monoisotopic (exact) mass is 386 g/mol. The average molecular weight is 387 g/mol. The summed E-state index contributed by atoms with van der Waals surface area (Å²) in [6.07, 6.45) is -0.368. The minimum absolute atomic E-state index is 0.00950. The van der Waals surface area contributed by atoms with E-state index in [-0.39, 0.29) is 18.1 Å². The van der Waals surface area contributed by atoms with Crippen LogP contribution in [0.25, 0.3) is 0 Å². The first-order valence-corrected chi connectivity index (χ1v) is 9.69. The first-order valence-electron chi connectivity index (χ1n) is 9.31. The number of halogens is 1. The molecule has 3 rings (SSSR count). The summed E-state index contributed by atoms with van der Waals surface area (Å²) in [7, 11) is 0. The lowest BCUT2D eigenvalue weighted by molar-refractivity contribution is 0.0502. The Kier molecular flexibility index (Phi) is 6.08. The maximum atomic E-state index is 12.3. The number of hydrogen-bond acceptors (Lipinski definition) is 3. The number of nitrogens with zero attached hydrogens (tertiary/aromatic N) is 1. The molecule has 0 saturated carbocycles. The number of likely N-dealkylation sites (tertiary alicyclic amines) is 1. The molecule has 1 amide bonds. The van der Waals surface area contributed by atoms with Crippen molar-refractivity contribution in [1.29, 1.82) is 0 Å². The second-order valence-corrected chi connectivity index (χ2v) is 8.53. The molecule has 1 aliphatic rings. The van der Waals surface area contributed by atoms with Crippen molar-refractivity contribution in [2.24, 2.45) is 0 Å². The van der Waals surface area contributed by atoms with E-state index in [0.29, 0.717) is 0 Å². The third-order valence-corrected chi connectivity index (χ3v) is 4.90. The molecule has 2 atom stereocenters. The topological polar surface area (TPSA) is 41.6 Å². The number of nitrogens with one attached hydrogen (secondary N) is 1. The first-order chi connectivity index (χ1) is 12.8. The van der Waals surface area contributed by atoms with Crippen molar-refractivity contribution in [2.75, 3.05) is 13.1 Å². The summed E-state index contributed by atoms with van der Waals surface area (Å²) in [4.78, 5) is 14.7. The fourth-order valence-electron chi connectivity index (χ4n) is 3.51. The SMILES string of the molecule is CC(C)(C)OC(=O)N[C@H]1CN(Cc2ccccc2)C[C@H]1c1ccc(Cl)cc1. The van der Waals surface area contributed by atoms with E-state index in [9.17, 15) is 4.79 Å². The van der Waals surface area contributed by atoms with Gasteiger partial charge >= 0.3 is 6.09 Å². The van der Waals surface area contributed by atoms with E-state index < -0.39 is 5.60 Å². The van der Waals surface area contributed by atoms with E-state index in [1.54, 1.807) is 0 Å². The van der Waals surface area contributed by atoms with Crippen LogP contribution in [0.3, 0.4) is 0 Å². The molecule has 0 aromatic heterocycles. The smallest absolute Gasteiger partial charge is 0.407 e. The van der Waals surface area contributed by atoms with Crippen LogP contribution in [0.5, 0.6) is 0 Å². The van der Waals surface area contributed by atoms with Crippen molar-refractivity contribution < 1.29 is 9.53 Å². The highest BCUT2D eigenvalue weighted by Crippen LogP contribution is 2.30. The standard InChI is InChI=1S/C22H27ClN2O2/c1-22(2,3)27-21(26)24-20-15-25(13-16-7-5-4-6-8-16)14-19(20)17-9-11-18(23)12-10-17/h4-12,19-20H,13-15H2,1-3H3,(H,24,26)/t19-,20-/m0/s1. The van der Waals surface area contributed by atoms with Gasteiger partial charge in [-0.2, -0.15) is 0 Å². The molecule has 0 aliphatic carbocycles. The van der Waals surface area contributed by atoms with Gasteiger partial charge < -0.3 is 10.1 Å². The van der Waals surface area contributed by atoms with Gasteiger partial charge in [0.2, 0.25) is 0 Å². The highest BCUT2D eigenvalue weighted by molar-refractivity contribution is 6.30. The zero-order valence-corrected chi connectivity index (χ0v) is 16.9. The number of amides is 1. The molecule has 27 heavy (non-hydrogen) atoms. The Morgan fingerprint density at radius 2 is 1.78 bits per heavy atom. The number of hydrogen-bond donors (Lipinski definition) is 1. The third-order valence-electron chi connectivity index (χ3n) is 4.64. The number of alkyl carbamates (subject to hydrolysis) is 1. The van der Waals surface area contributed by atoms with Crippen LogP contribution in [0, 0.1) is 0 Å². The maximum absolute atomic E-state index is 12.3. The van der Waals surface area contributed by atoms with Crippen LogP contribution >= 0.6 is 11.6 Å². The summed E-state index contributed by atoms with van der Waals surface area (Å²) >= 11 is 6.05. The molecule has 2 aromatic rings. The van der Waals surface area contributed by atoms with E-state index in [1.807, 2.05) is 51.1 Å². The molecule has 0 bridgehead atoms. The summed E-state index contributed by atoms with van der Waals surface area (Å²) < 4.78 is 5.47. The normalized spacial score (nSPS) is 20.4. The molecule has 0 radical (unpaired) electrons. The summed E-state index contributed by atoms with van der Waals surface area (Å²) in [5.41, 5.74) is 1.93. The fraction of sp³-hybridized carbons (Fsp3) is 0.409. The van der Waals surface area contributed by atoms with Crippen LogP contribution < -0.4 is 5.32 Å². The van der Waals surface area contributed by atoms with Crippen molar-refractivity contribution in [2.45, 2.75) is 44.9 Å². The number of benzene rings is 2. The Morgan fingerprint density at radius 3 is 2.41 bits per heavy atom. The number of ether oxygens (including phenoxy) is 1. The maximum Gasteiger partial charge on any atom is 0.407 e. The van der Waals surface area contributed by atoms with Crippen molar-refractivity contribution in [3.8, 4) is 0 Å². The Balaban J connectivity index is 1.74. The van der Waals surface area contributed by atoms with Gasteiger partial charge in [-0.3, -0.25) is 4.90 Å². The molecule has 1 N–H and O–H groups in total. The van der Waals surface area contributed by atoms with E-state index in [4.69, 9.17) is 16.3 Å². The summed E-state index contributed by atoms with van der Waals surface area (Å²) in [6, 6.07) is 18.3. The van der Waals surface area contributed by atoms with Crippen molar-refractivity contribution in [3.63, 3.8) is 0 Å². The molecule has 2 aromatic carbocycles. The van der Waals surface area contributed by atoms with E-state index in [1.165, 1.54) is 11.1 Å². The predicted octanol–water partition coefficient (Wildman–Crippen LogP) is 4.83. The molecule has 144 valence electrons. The van der Waals surface area contributed by atoms with Gasteiger partial charge in [0, 0.05) is 30.6 Å². The van der Waals surface area contributed by atoms with Gasteiger partial charge in [-0.15, -0.1) is 0 Å². The minimum Gasteiger partial charge on any atom is -0.444 e. The molecule has 1 heterocycles. The van der Waals surface area contributed by atoms with E-state index >= 15 is 0 Å². The van der Waals surface area contributed by atoms with Crippen LogP contribution in [-0.2, 0) is 11.3 Å². The number of rotatable bonds is 4. The van der Waals surface area contributed by atoms with E-state index in [2.05, 4.69) is 34.5 Å². The zero-order valence-electron chi connectivity index (χ0n) is 16.1. The Morgan fingerprint density at radius 1 is 1.11 bits per heavy atom. The summed E-state index contributed by atoms with van der Waals surface area (Å²) in [6.45, 7) is 8.13. The highest BCUT2D eigenvalue weighted by atomic mass is 35.5. The van der Waals surface area contributed by atoms with Crippen molar-refractivity contribution in [3.05, 3.63) is 70.7 Å². The van der Waals surface area contributed by atoms with Gasteiger partial charge in [-0.1, -0.05) is 54.1 Å². The first kappa shape index (κ1) is 19.7. The average Bonchev–Trinajstić information content (AvgIpc) is 2.97. The quantitative estimate of drug-likeness (QED) is 0.818. The van der Waals surface area contributed by atoms with Gasteiger partial charge in [0.25, 0.3) is 0 Å². The lowest BCUT2D eigenvalue weighted by Gasteiger charge is -2.24. The predicted molar refractivity (Wildman–Crippen MR) is 109 cm³/mol. The lowest BCUT2D eigenvalue weighted by atomic mass is 9.94. The van der Waals surface area contributed by atoms with E-state index in [0.717, 1.165) is 24.7 Å². The largest absolute Gasteiger partial charge is 0.444 e. The molecule has 1 fully saturated rings. The Hall–Kier alpha value is -2.04. The highest BCUT2D eigenvalue weighted by Gasteiger charge is 2.35. The van der Waals surface area contributed by atoms with Crippen LogP contribution in [0.2, 0.25) is 5.02 Å². The van der Waals surface area contributed by atoms with Crippen LogP contribution in [0.15, 0.2) is 54.6 Å². The van der Waals surface area contributed by atoms with Crippen molar-refractivity contribution >= 4 is 17.7 Å². The molecule has 5 heteroatoms. The minimum atomic E-state index is -0.512. The van der Waals surface area contributed by atoms with Crippen LogP contribution in [-0.4, -0.2) is 35.7 Å². The molecule has 1 saturated heterocycles. The molecular weight excluding hydrogens is 360 g/mol. The Labute approximate surface area is 166 Å². The van der Waals surface area contributed by atoms with Crippen molar-refractivity contribution in [1.82, 2.24) is 10.2 Å². The molecule has 4 nitrogen and oxygen atoms in total. The lowest BCUT2D eigenvalue weighted by Crippen LogP contribution is -2.42. The zero-order chi connectivity index (χ0) is 19.4. The number of carbonyl (C=O) groups is 1. The molecular formula is C22H27ClN2O2. The number of carbonyl (C=O) groups excluding carboxylic acids is 1. The third kappa shape index (κ3) is 5.72. The van der Waals surface area contributed by atoms with Gasteiger partial charge in [-0.25, -0.2) is 4.79 Å². The Bertz CT molecular complexity index is 756. The second kappa shape index (κ2) is 8.32. The fourth-order valence-corrected chi connectivity index (χ4v) is 3.63. The van der Waals surface area contributed by atoms with Crippen LogP contribution in [0.1, 0.15) is 37.8 Å². The van der Waals surface area contributed by atoms with Gasteiger partial charge in [0.15, 0.2) is 0 Å². The van der Waals surface area contributed by atoms with Crippen LogP contribution in [0.4, 0.5) is 4.79 Å². The van der Waals surface area contributed by atoms with Gasteiger partial charge in [0.05, 0.1) is 6.04 Å². The molecule has 0 spiro atoms. The summed E-state index contributed by atoms with van der Waals surface area (Å²) in [5, 5.41) is 3.80. The molecule has 1 aliphatic heterocycles. The summed E-state index contributed by atoms with van der Waals surface area (Å²) in [5.74, 6) is 0.193. The molecule has 0 unspecified atom stereocenters.